The van der Waals surface area contributed by atoms with Crippen LogP contribution in [0.25, 0.3) is 32.5 Å². The van der Waals surface area contributed by atoms with Crippen LogP contribution in [0, 0.1) is 5.92 Å². The summed E-state index contributed by atoms with van der Waals surface area (Å²) in [6.07, 6.45) is 5.99. The Labute approximate surface area is 149 Å². The average Bonchev–Trinajstić information content (AvgIpc) is 3.25. The molecule has 4 aromatic rings. The van der Waals surface area contributed by atoms with E-state index < -0.39 is 5.60 Å². The molecule has 1 fully saturated rings. The highest BCUT2D eigenvalue weighted by molar-refractivity contribution is 7.18. The molecule has 1 unspecified atom stereocenters. The van der Waals surface area contributed by atoms with Crippen LogP contribution in [0.15, 0.2) is 36.7 Å². The van der Waals surface area contributed by atoms with E-state index in [2.05, 4.69) is 28.3 Å². The first-order chi connectivity index (χ1) is 12.0. The van der Waals surface area contributed by atoms with Crippen molar-refractivity contribution in [2.24, 2.45) is 13.0 Å². The van der Waals surface area contributed by atoms with Crippen molar-refractivity contribution in [2.45, 2.75) is 25.4 Å². The molecule has 0 aromatic carbocycles. The van der Waals surface area contributed by atoms with Crippen molar-refractivity contribution in [1.29, 1.82) is 0 Å². The largest absolute Gasteiger partial charge is 0.384 e. The molecule has 0 bridgehead atoms. The molecule has 5 nitrogen and oxygen atoms in total. The van der Waals surface area contributed by atoms with Gasteiger partial charge in [-0.25, -0.2) is 9.97 Å². The van der Waals surface area contributed by atoms with Crippen LogP contribution in [0.2, 0.25) is 0 Å². The van der Waals surface area contributed by atoms with E-state index in [9.17, 15) is 5.11 Å². The molecule has 6 heteroatoms. The van der Waals surface area contributed by atoms with Gasteiger partial charge in [-0.05, 0) is 49.9 Å². The van der Waals surface area contributed by atoms with E-state index in [1.807, 2.05) is 32.4 Å². The smallest absolute Gasteiger partial charge is 0.181 e. The highest BCUT2D eigenvalue weighted by Crippen LogP contribution is 2.48. The summed E-state index contributed by atoms with van der Waals surface area (Å²) in [4.78, 5) is 11.2. The van der Waals surface area contributed by atoms with Crippen molar-refractivity contribution in [3.8, 4) is 11.3 Å². The monoisotopic (exact) mass is 350 g/mol. The zero-order valence-corrected chi connectivity index (χ0v) is 14.9. The molecule has 4 heterocycles. The summed E-state index contributed by atoms with van der Waals surface area (Å²) in [5, 5.41) is 17.2. The fourth-order valence-electron chi connectivity index (χ4n) is 3.35. The molecule has 1 N–H and O–H groups in total. The second-order valence-electron chi connectivity index (χ2n) is 7.06. The standard InChI is InChI=1S/C19H18N4OS/c1-19(24,14-4-5-14)16-8-11-3-6-15(21-18(11)25-16)12-7-13-10-23(2)22-17(13)20-9-12/h3,6-10,14,24H,4-5H2,1-2H3. The Morgan fingerprint density at radius 3 is 2.88 bits per heavy atom. The van der Waals surface area contributed by atoms with Crippen LogP contribution in [-0.2, 0) is 12.6 Å². The number of thiophene rings is 1. The van der Waals surface area contributed by atoms with Gasteiger partial charge in [0, 0.05) is 40.7 Å². The predicted octanol–water partition coefficient (Wildman–Crippen LogP) is 3.86. The predicted molar refractivity (Wildman–Crippen MR) is 99.4 cm³/mol. The molecule has 0 radical (unpaired) electrons. The third kappa shape index (κ3) is 2.44. The summed E-state index contributed by atoms with van der Waals surface area (Å²) in [5.41, 5.74) is 1.88. The van der Waals surface area contributed by atoms with Gasteiger partial charge < -0.3 is 5.11 Å². The fraction of sp³-hybridized carbons (Fsp3) is 0.316. The summed E-state index contributed by atoms with van der Waals surface area (Å²) in [5.74, 6) is 0.386. The lowest BCUT2D eigenvalue weighted by molar-refractivity contribution is 0.0369. The van der Waals surface area contributed by atoms with Crippen LogP contribution >= 0.6 is 11.3 Å². The van der Waals surface area contributed by atoms with Crippen molar-refractivity contribution in [3.05, 3.63) is 41.5 Å². The maximum atomic E-state index is 10.8. The van der Waals surface area contributed by atoms with E-state index in [1.165, 1.54) is 0 Å². The number of pyridine rings is 2. The van der Waals surface area contributed by atoms with Crippen molar-refractivity contribution in [1.82, 2.24) is 19.7 Å². The first-order valence-corrected chi connectivity index (χ1v) is 9.25. The van der Waals surface area contributed by atoms with Crippen molar-refractivity contribution < 1.29 is 5.11 Å². The van der Waals surface area contributed by atoms with Crippen LogP contribution in [0.4, 0.5) is 0 Å². The second kappa shape index (κ2) is 5.09. The lowest BCUT2D eigenvalue weighted by atomic mass is 9.98. The first-order valence-electron chi connectivity index (χ1n) is 8.44. The molecule has 0 amide bonds. The Bertz CT molecular complexity index is 1110. The zero-order valence-electron chi connectivity index (χ0n) is 14.1. The van der Waals surface area contributed by atoms with Crippen LogP contribution < -0.4 is 0 Å². The molecule has 1 saturated carbocycles. The van der Waals surface area contributed by atoms with Gasteiger partial charge >= 0.3 is 0 Å². The maximum Gasteiger partial charge on any atom is 0.181 e. The summed E-state index contributed by atoms with van der Waals surface area (Å²) < 4.78 is 1.77. The SMILES string of the molecule is Cn1cc2cc(-c3ccc4cc(C(C)(O)C5CC5)sc4n3)cnc2n1. The number of aliphatic hydroxyl groups is 1. The van der Waals surface area contributed by atoms with E-state index in [-0.39, 0.29) is 0 Å². The van der Waals surface area contributed by atoms with Crippen molar-refractivity contribution in [2.75, 3.05) is 0 Å². The number of rotatable bonds is 3. The third-order valence-electron chi connectivity index (χ3n) is 5.02. The Morgan fingerprint density at radius 1 is 1.24 bits per heavy atom. The van der Waals surface area contributed by atoms with E-state index in [1.54, 1.807) is 16.0 Å². The molecule has 0 saturated heterocycles. The molecule has 1 aliphatic carbocycles. The molecule has 0 spiro atoms. The van der Waals surface area contributed by atoms with Gasteiger partial charge in [0.25, 0.3) is 0 Å². The van der Waals surface area contributed by atoms with E-state index in [0.29, 0.717) is 5.92 Å². The van der Waals surface area contributed by atoms with Crippen LogP contribution in [0.1, 0.15) is 24.6 Å². The Kier molecular flexibility index (Phi) is 3.05. The molecule has 4 aromatic heterocycles. The molecule has 1 aliphatic rings. The highest BCUT2D eigenvalue weighted by atomic mass is 32.1. The summed E-state index contributed by atoms with van der Waals surface area (Å²) in [6.45, 7) is 1.93. The van der Waals surface area contributed by atoms with Gasteiger partial charge in [-0.2, -0.15) is 5.10 Å². The fourth-order valence-corrected chi connectivity index (χ4v) is 4.50. The molecular weight excluding hydrogens is 332 g/mol. The van der Waals surface area contributed by atoms with Gasteiger partial charge in [0.2, 0.25) is 0 Å². The average molecular weight is 350 g/mol. The lowest BCUT2D eigenvalue weighted by Crippen LogP contribution is -2.21. The highest BCUT2D eigenvalue weighted by Gasteiger charge is 2.42. The van der Waals surface area contributed by atoms with Gasteiger partial charge in [-0.1, -0.05) is 0 Å². The Balaban J connectivity index is 1.59. The number of nitrogens with zero attached hydrogens (tertiary/aromatic N) is 4. The van der Waals surface area contributed by atoms with Gasteiger partial charge in [-0.3, -0.25) is 4.68 Å². The number of aromatic nitrogens is 4. The lowest BCUT2D eigenvalue weighted by Gasteiger charge is -2.20. The summed E-state index contributed by atoms with van der Waals surface area (Å²) >= 11 is 1.59. The van der Waals surface area contributed by atoms with Crippen molar-refractivity contribution >= 4 is 32.6 Å². The van der Waals surface area contributed by atoms with Crippen LogP contribution in [0.3, 0.4) is 0 Å². The normalized spacial score (nSPS) is 17.2. The minimum atomic E-state index is -0.734. The number of aryl methyl sites for hydroxylation is 1. The minimum Gasteiger partial charge on any atom is -0.384 e. The first kappa shape index (κ1) is 15.0. The Hall–Kier alpha value is -2.31. The van der Waals surface area contributed by atoms with Crippen LogP contribution in [0.5, 0.6) is 0 Å². The molecule has 0 aliphatic heterocycles. The topological polar surface area (TPSA) is 63.8 Å². The summed E-state index contributed by atoms with van der Waals surface area (Å²) in [7, 11) is 1.89. The molecule has 1 atom stereocenters. The van der Waals surface area contributed by atoms with Gasteiger partial charge in [0.15, 0.2) is 5.65 Å². The van der Waals surface area contributed by atoms with Gasteiger partial charge in [0.05, 0.1) is 11.3 Å². The molecular formula is C19H18N4OS. The maximum absolute atomic E-state index is 10.8. The quantitative estimate of drug-likeness (QED) is 0.609. The second-order valence-corrected chi connectivity index (χ2v) is 8.09. The van der Waals surface area contributed by atoms with Crippen molar-refractivity contribution in [3.63, 3.8) is 0 Å². The molecule has 25 heavy (non-hydrogen) atoms. The Morgan fingerprint density at radius 2 is 2.08 bits per heavy atom. The molecule has 5 rings (SSSR count). The molecule has 126 valence electrons. The summed E-state index contributed by atoms with van der Waals surface area (Å²) in [6, 6.07) is 8.24. The van der Waals surface area contributed by atoms with Gasteiger partial charge in [-0.15, -0.1) is 11.3 Å². The van der Waals surface area contributed by atoms with E-state index >= 15 is 0 Å². The number of hydrogen-bond acceptors (Lipinski definition) is 5. The minimum absolute atomic E-state index is 0.386. The zero-order chi connectivity index (χ0) is 17.2. The number of hydrogen-bond donors (Lipinski definition) is 1. The van der Waals surface area contributed by atoms with E-state index in [0.717, 1.165) is 50.2 Å². The van der Waals surface area contributed by atoms with Gasteiger partial charge in [0.1, 0.15) is 4.83 Å². The van der Waals surface area contributed by atoms with E-state index in [4.69, 9.17) is 4.98 Å². The third-order valence-corrected chi connectivity index (χ3v) is 6.29. The number of fused-ring (bicyclic) bond motifs is 2. The van der Waals surface area contributed by atoms with Crippen LogP contribution in [-0.4, -0.2) is 24.9 Å².